The molecule has 2 aliphatic rings. The SMILES string of the molecule is CCOC(=O)C1CCC(c2n[nH]c3nc(N4CCOCC4)nc(-c4ccc(NC(=O)NC)cc4)c23)CC1. The van der Waals surface area contributed by atoms with E-state index in [-0.39, 0.29) is 23.8 Å². The van der Waals surface area contributed by atoms with E-state index in [0.29, 0.717) is 37.1 Å². The molecular formula is C26H33N7O4. The molecule has 1 saturated carbocycles. The van der Waals surface area contributed by atoms with Gasteiger partial charge < -0.3 is 25.0 Å². The van der Waals surface area contributed by atoms with Crippen LogP contribution >= 0.6 is 0 Å². The van der Waals surface area contributed by atoms with Gasteiger partial charge in [-0.3, -0.25) is 9.89 Å². The lowest BCUT2D eigenvalue weighted by atomic mass is 9.79. The fourth-order valence-corrected chi connectivity index (χ4v) is 5.12. The summed E-state index contributed by atoms with van der Waals surface area (Å²) in [6, 6.07) is 7.34. The van der Waals surface area contributed by atoms with Crippen molar-refractivity contribution in [1.29, 1.82) is 0 Å². The van der Waals surface area contributed by atoms with Crippen molar-refractivity contribution in [2.24, 2.45) is 5.92 Å². The average Bonchev–Trinajstić information content (AvgIpc) is 3.38. The topological polar surface area (TPSA) is 134 Å². The van der Waals surface area contributed by atoms with Crippen LogP contribution in [-0.2, 0) is 14.3 Å². The maximum Gasteiger partial charge on any atom is 0.318 e. The maximum absolute atomic E-state index is 12.2. The van der Waals surface area contributed by atoms with Crippen LogP contribution in [0.5, 0.6) is 0 Å². The molecule has 3 heterocycles. The number of carbonyl (C=O) groups is 2. The third kappa shape index (κ3) is 5.36. The normalized spacial score (nSPS) is 20.0. The minimum absolute atomic E-state index is 0.0505. The standard InChI is InChI=1S/C26H33N7O4/c1-3-37-24(34)18-6-4-17(5-7-18)22-20-21(16-8-10-19(11-9-16)28-26(35)27-2)29-25(30-23(20)32-31-22)33-12-14-36-15-13-33/h8-11,17-18H,3-7,12-15H2,1-2H3,(H2,27,28,35)(H,29,30,31,32). The van der Waals surface area contributed by atoms with Crippen molar-refractivity contribution in [3.63, 3.8) is 0 Å². The monoisotopic (exact) mass is 507 g/mol. The maximum atomic E-state index is 12.2. The molecule has 1 aliphatic heterocycles. The number of rotatable bonds is 6. The van der Waals surface area contributed by atoms with E-state index in [1.54, 1.807) is 7.05 Å². The number of urea groups is 1. The molecule has 0 radical (unpaired) electrons. The molecule has 2 aromatic heterocycles. The Balaban J connectivity index is 1.50. The van der Waals surface area contributed by atoms with E-state index >= 15 is 0 Å². The molecule has 1 aliphatic carbocycles. The average molecular weight is 508 g/mol. The first-order chi connectivity index (χ1) is 18.1. The number of H-pyrrole nitrogens is 1. The lowest BCUT2D eigenvalue weighted by Gasteiger charge is -2.28. The van der Waals surface area contributed by atoms with Gasteiger partial charge in [0.1, 0.15) is 0 Å². The molecule has 0 atom stereocenters. The Morgan fingerprint density at radius 3 is 2.51 bits per heavy atom. The summed E-state index contributed by atoms with van der Waals surface area (Å²) in [5, 5.41) is 14.1. The number of hydrogen-bond acceptors (Lipinski definition) is 8. The summed E-state index contributed by atoms with van der Waals surface area (Å²) in [4.78, 5) is 35.9. The van der Waals surface area contributed by atoms with Crippen molar-refractivity contribution in [3.8, 4) is 11.3 Å². The minimum Gasteiger partial charge on any atom is -0.466 e. The molecule has 2 fully saturated rings. The summed E-state index contributed by atoms with van der Waals surface area (Å²) in [5.74, 6) is 0.688. The first kappa shape index (κ1) is 24.9. The van der Waals surface area contributed by atoms with Gasteiger partial charge in [-0.05, 0) is 44.7 Å². The van der Waals surface area contributed by atoms with Crippen LogP contribution in [0.15, 0.2) is 24.3 Å². The molecule has 11 nitrogen and oxygen atoms in total. The Kier molecular flexibility index (Phi) is 7.50. The molecule has 1 saturated heterocycles. The lowest BCUT2D eigenvalue weighted by molar-refractivity contribution is -0.149. The molecule has 5 rings (SSSR count). The highest BCUT2D eigenvalue weighted by atomic mass is 16.5. The van der Waals surface area contributed by atoms with Crippen molar-refractivity contribution >= 4 is 34.7 Å². The zero-order valence-corrected chi connectivity index (χ0v) is 21.2. The molecule has 0 unspecified atom stereocenters. The quantitative estimate of drug-likeness (QED) is 0.432. The number of esters is 1. The van der Waals surface area contributed by atoms with E-state index in [0.717, 1.165) is 61.1 Å². The number of anilines is 2. The third-order valence-electron chi connectivity index (χ3n) is 7.11. The van der Waals surface area contributed by atoms with Crippen LogP contribution in [0.3, 0.4) is 0 Å². The van der Waals surface area contributed by atoms with Gasteiger partial charge in [-0.2, -0.15) is 10.1 Å². The summed E-state index contributed by atoms with van der Waals surface area (Å²) in [6.45, 7) is 4.96. The van der Waals surface area contributed by atoms with Crippen LogP contribution in [0.25, 0.3) is 22.3 Å². The first-order valence-corrected chi connectivity index (χ1v) is 12.9. The number of aromatic amines is 1. The van der Waals surface area contributed by atoms with E-state index in [4.69, 9.17) is 24.5 Å². The smallest absolute Gasteiger partial charge is 0.318 e. The number of morpholine rings is 1. The van der Waals surface area contributed by atoms with Gasteiger partial charge >= 0.3 is 12.0 Å². The van der Waals surface area contributed by atoms with Crippen LogP contribution in [0, 0.1) is 5.92 Å². The Hall–Kier alpha value is -3.73. The van der Waals surface area contributed by atoms with E-state index in [1.165, 1.54) is 0 Å². The van der Waals surface area contributed by atoms with Gasteiger partial charge in [-0.15, -0.1) is 0 Å². The van der Waals surface area contributed by atoms with Gasteiger partial charge in [0.2, 0.25) is 5.95 Å². The highest BCUT2D eigenvalue weighted by Crippen LogP contribution is 2.40. The number of nitrogens with one attached hydrogen (secondary N) is 3. The molecule has 1 aromatic carbocycles. The predicted octanol–water partition coefficient (Wildman–Crippen LogP) is 3.44. The van der Waals surface area contributed by atoms with E-state index in [2.05, 4.69) is 20.6 Å². The molecule has 37 heavy (non-hydrogen) atoms. The largest absolute Gasteiger partial charge is 0.466 e. The van der Waals surface area contributed by atoms with Crippen LogP contribution in [-0.4, -0.2) is 72.1 Å². The number of fused-ring (bicyclic) bond motifs is 1. The van der Waals surface area contributed by atoms with Crippen molar-refractivity contribution in [1.82, 2.24) is 25.5 Å². The van der Waals surface area contributed by atoms with Gasteiger partial charge in [0, 0.05) is 37.3 Å². The Bertz CT molecular complexity index is 1250. The zero-order valence-electron chi connectivity index (χ0n) is 21.2. The second-order valence-electron chi connectivity index (χ2n) is 9.39. The summed E-state index contributed by atoms with van der Waals surface area (Å²) < 4.78 is 10.8. The molecular weight excluding hydrogens is 474 g/mol. The molecule has 11 heteroatoms. The molecule has 196 valence electrons. The number of aromatic nitrogens is 4. The van der Waals surface area contributed by atoms with Crippen molar-refractivity contribution in [2.45, 2.75) is 38.5 Å². The second-order valence-corrected chi connectivity index (χ2v) is 9.39. The van der Waals surface area contributed by atoms with Gasteiger partial charge in [-0.1, -0.05) is 12.1 Å². The highest BCUT2D eigenvalue weighted by molar-refractivity contribution is 5.94. The summed E-state index contributed by atoms with van der Waals surface area (Å²) in [6.07, 6.45) is 3.26. The van der Waals surface area contributed by atoms with E-state index in [1.807, 2.05) is 31.2 Å². The molecule has 3 aromatic rings. The number of hydrogen-bond donors (Lipinski definition) is 3. The Morgan fingerprint density at radius 2 is 1.84 bits per heavy atom. The van der Waals surface area contributed by atoms with Gasteiger partial charge in [0.05, 0.1) is 42.5 Å². The number of carbonyl (C=O) groups excluding carboxylic acids is 2. The first-order valence-electron chi connectivity index (χ1n) is 12.9. The second kappa shape index (κ2) is 11.1. The van der Waals surface area contributed by atoms with Crippen LogP contribution < -0.4 is 15.5 Å². The van der Waals surface area contributed by atoms with E-state index in [9.17, 15) is 9.59 Å². The molecule has 0 bridgehead atoms. The van der Waals surface area contributed by atoms with Crippen molar-refractivity contribution < 1.29 is 19.1 Å². The molecule has 3 N–H and O–H groups in total. The van der Waals surface area contributed by atoms with Gasteiger partial charge in [-0.25, -0.2) is 9.78 Å². The van der Waals surface area contributed by atoms with Crippen molar-refractivity contribution in [2.75, 3.05) is 50.2 Å². The molecule has 2 amide bonds. The fraction of sp³-hybridized carbons (Fsp3) is 0.500. The van der Waals surface area contributed by atoms with E-state index < -0.39 is 0 Å². The lowest BCUT2D eigenvalue weighted by Crippen LogP contribution is -2.37. The number of ether oxygens (including phenoxy) is 2. The van der Waals surface area contributed by atoms with Gasteiger partial charge in [0.15, 0.2) is 5.65 Å². The zero-order chi connectivity index (χ0) is 25.8. The fourth-order valence-electron chi connectivity index (χ4n) is 5.12. The van der Waals surface area contributed by atoms with Crippen molar-refractivity contribution in [3.05, 3.63) is 30.0 Å². The molecule has 0 spiro atoms. The Morgan fingerprint density at radius 1 is 1.11 bits per heavy atom. The minimum atomic E-state index is -0.276. The summed E-state index contributed by atoms with van der Waals surface area (Å²) in [7, 11) is 1.58. The van der Waals surface area contributed by atoms with Crippen LogP contribution in [0.4, 0.5) is 16.4 Å². The third-order valence-corrected chi connectivity index (χ3v) is 7.11. The number of benzene rings is 1. The summed E-state index contributed by atoms with van der Waals surface area (Å²) >= 11 is 0. The van der Waals surface area contributed by atoms with Crippen LogP contribution in [0.2, 0.25) is 0 Å². The van der Waals surface area contributed by atoms with Gasteiger partial charge in [0.25, 0.3) is 0 Å². The Labute approximate surface area is 215 Å². The number of amides is 2. The summed E-state index contributed by atoms with van der Waals surface area (Å²) in [5.41, 5.74) is 4.03. The highest BCUT2D eigenvalue weighted by Gasteiger charge is 2.31. The van der Waals surface area contributed by atoms with Crippen LogP contribution in [0.1, 0.15) is 44.2 Å². The predicted molar refractivity (Wildman–Crippen MR) is 140 cm³/mol. The number of nitrogens with zero attached hydrogens (tertiary/aromatic N) is 4.